The van der Waals surface area contributed by atoms with E-state index in [-0.39, 0.29) is 5.92 Å². The summed E-state index contributed by atoms with van der Waals surface area (Å²) in [6, 6.07) is 6.26. The lowest BCUT2D eigenvalue weighted by atomic mass is 9.76. The Morgan fingerprint density at radius 1 is 1.17 bits per heavy atom. The molecule has 0 saturated carbocycles. The summed E-state index contributed by atoms with van der Waals surface area (Å²) in [6.45, 7) is 19.0. The fraction of sp³-hybridized carbons (Fsp3) is 0.370. The molecular weight excluding hydrogens is 368 g/mol. The van der Waals surface area contributed by atoms with Crippen LogP contribution in [-0.4, -0.2) is 17.2 Å². The van der Waals surface area contributed by atoms with E-state index in [1.165, 1.54) is 34.4 Å². The van der Waals surface area contributed by atoms with Crippen LogP contribution in [0.4, 0.5) is 5.69 Å². The number of benzene rings is 1. The van der Waals surface area contributed by atoms with Gasteiger partial charge in [-0.05, 0) is 69.0 Å². The molecule has 0 spiro atoms. The number of aliphatic hydroxyl groups excluding tert-OH is 1. The molecule has 2 heterocycles. The molecule has 1 unspecified atom stereocenters. The first-order chi connectivity index (χ1) is 14.3. The topological polar surface area (TPSA) is 45.2 Å². The highest BCUT2D eigenvalue weighted by molar-refractivity contribution is 5.72. The molecule has 3 rings (SSSR count). The lowest BCUT2D eigenvalue weighted by molar-refractivity contribution is 0.399. The van der Waals surface area contributed by atoms with E-state index in [9.17, 15) is 0 Å². The molecule has 0 bridgehead atoms. The number of aromatic nitrogens is 1. The van der Waals surface area contributed by atoms with Crippen LogP contribution in [0, 0.1) is 33.1 Å². The number of aliphatic hydroxyl groups is 1. The van der Waals surface area contributed by atoms with Crippen LogP contribution in [0.1, 0.15) is 73.5 Å². The first kappa shape index (κ1) is 25.2. The molecule has 1 aromatic carbocycles. The van der Waals surface area contributed by atoms with Crippen molar-refractivity contribution in [1.29, 1.82) is 0 Å². The summed E-state index contributed by atoms with van der Waals surface area (Å²) in [7, 11) is 1.00. The van der Waals surface area contributed by atoms with Gasteiger partial charge in [0.1, 0.15) is 0 Å². The number of nitrogens with one attached hydrogen (secondary N) is 1. The molecule has 0 amide bonds. The van der Waals surface area contributed by atoms with Crippen molar-refractivity contribution >= 4 is 5.69 Å². The fourth-order valence-corrected chi connectivity index (χ4v) is 3.82. The molecule has 0 fully saturated rings. The van der Waals surface area contributed by atoms with Crippen molar-refractivity contribution in [3.8, 4) is 12.3 Å². The summed E-state index contributed by atoms with van der Waals surface area (Å²) in [5.74, 6) is 2.84. The van der Waals surface area contributed by atoms with Crippen molar-refractivity contribution in [3.63, 3.8) is 0 Å². The van der Waals surface area contributed by atoms with Gasteiger partial charge in [0, 0.05) is 47.4 Å². The number of terminal acetylenes is 1. The summed E-state index contributed by atoms with van der Waals surface area (Å²) in [6.07, 6.45) is 8.76. The molecule has 1 aromatic heterocycles. The summed E-state index contributed by atoms with van der Waals surface area (Å²) in [4.78, 5) is 4.63. The van der Waals surface area contributed by atoms with Crippen LogP contribution in [0.2, 0.25) is 0 Å². The van der Waals surface area contributed by atoms with Gasteiger partial charge >= 0.3 is 0 Å². The number of rotatable bonds is 2. The molecule has 0 saturated heterocycles. The average molecular weight is 405 g/mol. The van der Waals surface area contributed by atoms with E-state index in [1.54, 1.807) is 0 Å². The third kappa shape index (κ3) is 5.20. The molecule has 0 aliphatic carbocycles. The highest BCUT2D eigenvalue weighted by Crippen LogP contribution is 2.46. The van der Waals surface area contributed by atoms with E-state index in [0.717, 1.165) is 35.2 Å². The van der Waals surface area contributed by atoms with Crippen molar-refractivity contribution in [2.75, 3.05) is 12.4 Å². The predicted octanol–water partition coefficient (Wildman–Crippen LogP) is 6.42. The number of fused-ring (bicyclic) bond motifs is 1. The molecule has 2 N–H and O–H groups in total. The predicted molar refractivity (Wildman–Crippen MR) is 130 cm³/mol. The van der Waals surface area contributed by atoms with Gasteiger partial charge in [-0.15, -0.1) is 6.42 Å². The van der Waals surface area contributed by atoms with E-state index in [0.29, 0.717) is 0 Å². The zero-order chi connectivity index (χ0) is 23.0. The van der Waals surface area contributed by atoms with Gasteiger partial charge in [-0.1, -0.05) is 44.4 Å². The molecule has 1 aliphatic heterocycles. The number of hydrogen-bond acceptors (Lipinski definition) is 3. The minimum Gasteiger partial charge on any atom is -0.400 e. The SMILES string of the molecule is C#Cc1ccc(C2C(C(=C)C)=C(C)Nc3c(C)cnc(C)c32)c(C)c1.CCC.CO. The fourth-order valence-electron chi connectivity index (χ4n) is 3.82. The molecule has 1 atom stereocenters. The Morgan fingerprint density at radius 3 is 2.27 bits per heavy atom. The van der Waals surface area contributed by atoms with Gasteiger partial charge in [-0.3, -0.25) is 4.98 Å². The van der Waals surface area contributed by atoms with E-state index in [2.05, 4.69) is 83.4 Å². The monoisotopic (exact) mass is 404 g/mol. The number of pyridine rings is 1. The minimum absolute atomic E-state index is 0.118. The number of hydrogen-bond donors (Lipinski definition) is 2. The Kier molecular flexibility index (Phi) is 9.56. The van der Waals surface area contributed by atoms with Gasteiger partial charge < -0.3 is 10.4 Å². The van der Waals surface area contributed by atoms with Crippen LogP contribution in [0.15, 0.2) is 47.8 Å². The maximum atomic E-state index is 7.00. The molecule has 30 heavy (non-hydrogen) atoms. The molecule has 0 radical (unpaired) electrons. The number of aryl methyl sites for hydroxylation is 3. The summed E-state index contributed by atoms with van der Waals surface area (Å²) in [5, 5.41) is 10.6. The van der Waals surface area contributed by atoms with Crippen LogP contribution < -0.4 is 5.32 Å². The molecule has 3 nitrogen and oxygen atoms in total. The standard InChI is InChI=1S/C23H24N2.C3H8.CH4O/c1-8-18-9-10-19(14(4)11-18)22-20(13(2)3)17(7)25-23-15(5)12-24-16(6)21(22)23;1-3-2;1-2/h1,9-12,22,25H,2H2,3-7H3;3H2,1-2H3;2H,1H3. The second kappa shape index (κ2) is 11.4. The highest BCUT2D eigenvalue weighted by atomic mass is 16.2. The minimum atomic E-state index is 0.118. The number of anilines is 1. The van der Waals surface area contributed by atoms with Crippen LogP contribution >= 0.6 is 0 Å². The Bertz CT molecular complexity index is 977. The van der Waals surface area contributed by atoms with Gasteiger partial charge in [-0.2, -0.15) is 0 Å². The average Bonchev–Trinajstić information content (AvgIpc) is 2.71. The highest BCUT2D eigenvalue weighted by Gasteiger charge is 2.32. The third-order valence-corrected chi connectivity index (χ3v) is 5.01. The Hall–Kier alpha value is -2.83. The number of allylic oxidation sites excluding steroid dienone is 3. The van der Waals surface area contributed by atoms with Crippen molar-refractivity contribution < 1.29 is 5.11 Å². The van der Waals surface area contributed by atoms with Crippen molar-refractivity contribution in [1.82, 2.24) is 4.98 Å². The van der Waals surface area contributed by atoms with Gasteiger partial charge in [-0.25, -0.2) is 0 Å². The van der Waals surface area contributed by atoms with Crippen LogP contribution in [0.25, 0.3) is 0 Å². The second-order valence-corrected chi connectivity index (χ2v) is 7.62. The molecule has 160 valence electrons. The van der Waals surface area contributed by atoms with Crippen molar-refractivity contribution in [2.24, 2.45) is 0 Å². The Labute approximate surface area is 183 Å². The summed E-state index contributed by atoms with van der Waals surface area (Å²) >= 11 is 0. The summed E-state index contributed by atoms with van der Waals surface area (Å²) < 4.78 is 0. The maximum absolute atomic E-state index is 7.00. The van der Waals surface area contributed by atoms with Crippen molar-refractivity contribution in [3.05, 3.63) is 81.3 Å². The summed E-state index contributed by atoms with van der Waals surface area (Å²) in [5.41, 5.74) is 11.4. The van der Waals surface area contributed by atoms with E-state index < -0.39 is 0 Å². The van der Waals surface area contributed by atoms with E-state index in [4.69, 9.17) is 11.5 Å². The normalized spacial score (nSPS) is 14.2. The maximum Gasteiger partial charge on any atom is 0.0487 e. The molecule has 2 aromatic rings. The van der Waals surface area contributed by atoms with Crippen LogP contribution in [-0.2, 0) is 0 Å². The zero-order valence-electron chi connectivity index (χ0n) is 19.8. The first-order valence-corrected chi connectivity index (χ1v) is 10.4. The van der Waals surface area contributed by atoms with Crippen molar-refractivity contribution in [2.45, 2.75) is 60.8 Å². The van der Waals surface area contributed by atoms with Crippen LogP contribution in [0.3, 0.4) is 0 Å². The van der Waals surface area contributed by atoms with E-state index in [1.807, 2.05) is 12.3 Å². The quantitative estimate of drug-likeness (QED) is 0.568. The second-order valence-electron chi connectivity index (χ2n) is 7.62. The lowest BCUT2D eigenvalue weighted by Gasteiger charge is -2.34. The Balaban J connectivity index is 0.000000826. The molecule has 3 heteroatoms. The lowest BCUT2D eigenvalue weighted by Crippen LogP contribution is -2.21. The molecular formula is C27H36N2O. The zero-order valence-corrected chi connectivity index (χ0v) is 19.8. The number of nitrogens with zero attached hydrogens (tertiary/aromatic N) is 1. The first-order valence-electron chi connectivity index (χ1n) is 10.4. The van der Waals surface area contributed by atoms with E-state index >= 15 is 0 Å². The third-order valence-electron chi connectivity index (χ3n) is 5.01. The molecule has 1 aliphatic rings. The smallest absolute Gasteiger partial charge is 0.0487 e. The van der Waals surface area contributed by atoms with Crippen LogP contribution in [0.5, 0.6) is 0 Å². The van der Waals surface area contributed by atoms with Gasteiger partial charge in [0.2, 0.25) is 0 Å². The van der Waals surface area contributed by atoms with Gasteiger partial charge in [0.25, 0.3) is 0 Å². The van der Waals surface area contributed by atoms with Gasteiger partial charge in [0.15, 0.2) is 0 Å². The van der Waals surface area contributed by atoms with Gasteiger partial charge in [0.05, 0.1) is 0 Å². The largest absolute Gasteiger partial charge is 0.400 e. The Morgan fingerprint density at radius 2 is 1.77 bits per heavy atom.